The van der Waals surface area contributed by atoms with Gasteiger partial charge in [-0.05, 0) is 72.7 Å². The van der Waals surface area contributed by atoms with Gasteiger partial charge in [-0.15, -0.1) is 0 Å². The Kier molecular flexibility index (Phi) is 5.94. The fourth-order valence-corrected chi connectivity index (χ4v) is 5.07. The van der Waals surface area contributed by atoms with Crippen molar-refractivity contribution in [1.29, 1.82) is 0 Å². The molecule has 180 valence electrons. The van der Waals surface area contributed by atoms with Crippen molar-refractivity contribution in [3.8, 4) is 28.1 Å². The highest BCUT2D eigenvalue weighted by Crippen LogP contribution is 2.36. The summed E-state index contributed by atoms with van der Waals surface area (Å²) in [5.74, 6) is 1.08. The van der Waals surface area contributed by atoms with Crippen LogP contribution in [-0.4, -0.2) is 14.6 Å². The van der Waals surface area contributed by atoms with Crippen LogP contribution in [0.4, 0.5) is 4.39 Å². The second kappa shape index (κ2) is 9.40. The van der Waals surface area contributed by atoms with Crippen LogP contribution in [0.5, 0.6) is 5.75 Å². The van der Waals surface area contributed by atoms with Crippen LogP contribution in [0.2, 0.25) is 5.02 Å². The van der Waals surface area contributed by atoms with E-state index in [4.69, 9.17) is 26.4 Å². The van der Waals surface area contributed by atoms with E-state index in [0.717, 1.165) is 58.6 Å². The second-order valence-electron chi connectivity index (χ2n) is 9.48. The van der Waals surface area contributed by atoms with Gasteiger partial charge in [-0.2, -0.15) is 5.10 Å². The van der Waals surface area contributed by atoms with Crippen LogP contribution >= 0.6 is 11.6 Å². The smallest absolute Gasteiger partial charge is 0.163 e. The molecule has 3 aromatic carbocycles. The van der Waals surface area contributed by atoms with E-state index < -0.39 is 0 Å². The van der Waals surface area contributed by atoms with Crippen LogP contribution in [0.25, 0.3) is 28.0 Å². The summed E-state index contributed by atoms with van der Waals surface area (Å²) in [6.07, 6.45) is 4.95. The predicted molar refractivity (Wildman–Crippen MR) is 141 cm³/mol. The Morgan fingerprint density at radius 3 is 2.64 bits per heavy atom. The lowest BCUT2D eigenvalue weighted by Crippen LogP contribution is -2.18. The third-order valence-electron chi connectivity index (χ3n) is 6.86. The molecule has 0 amide bonds. The molecule has 1 aliphatic carbocycles. The molecule has 0 radical (unpaired) electrons. The summed E-state index contributed by atoms with van der Waals surface area (Å²) in [4.78, 5) is 5.19. The zero-order valence-electron chi connectivity index (χ0n) is 19.9. The molecule has 0 N–H and O–H groups in total. The summed E-state index contributed by atoms with van der Waals surface area (Å²) in [5, 5.41) is 5.45. The highest BCUT2D eigenvalue weighted by atomic mass is 35.5. The number of ether oxygens (including phenoxy) is 1. The third-order valence-corrected chi connectivity index (χ3v) is 7.11. The van der Waals surface area contributed by atoms with Crippen LogP contribution in [0.3, 0.4) is 0 Å². The van der Waals surface area contributed by atoms with E-state index in [0.29, 0.717) is 17.5 Å². The number of halogens is 2. The van der Waals surface area contributed by atoms with E-state index in [1.807, 2.05) is 53.2 Å². The molecule has 36 heavy (non-hydrogen) atoms. The van der Waals surface area contributed by atoms with Crippen molar-refractivity contribution in [1.82, 2.24) is 14.6 Å². The minimum Gasteiger partial charge on any atom is -0.489 e. The van der Waals surface area contributed by atoms with E-state index in [1.165, 1.54) is 23.4 Å². The first-order valence-electron chi connectivity index (χ1n) is 12.2. The molecule has 0 aliphatic heterocycles. The molecule has 6 heteroatoms. The Hall–Kier alpha value is -3.70. The van der Waals surface area contributed by atoms with Gasteiger partial charge in [0, 0.05) is 27.4 Å². The lowest BCUT2D eigenvalue weighted by atomic mass is 9.85. The number of hydrogen-bond acceptors (Lipinski definition) is 3. The molecule has 0 spiro atoms. The van der Waals surface area contributed by atoms with Crippen molar-refractivity contribution >= 4 is 17.2 Å². The Labute approximate surface area is 214 Å². The fourth-order valence-electron chi connectivity index (χ4n) is 4.94. The largest absolute Gasteiger partial charge is 0.489 e. The van der Waals surface area contributed by atoms with Gasteiger partial charge in [-0.3, -0.25) is 0 Å². The minimum absolute atomic E-state index is 0.251. The van der Waals surface area contributed by atoms with Crippen molar-refractivity contribution in [2.45, 2.75) is 32.8 Å². The molecule has 1 atom stereocenters. The Bertz CT molecular complexity index is 1540. The van der Waals surface area contributed by atoms with Gasteiger partial charge in [0.05, 0.1) is 11.9 Å². The first-order valence-corrected chi connectivity index (χ1v) is 12.6. The zero-order valence-corrected chi connectivity index (χ0v) is 20.7. The monoisotopic (exact) mass is 497 g/mol. The average molecular weight is 498 g/mol. The van der Waals surface area contributed by atoms with Crippen LogP contribution in [-0.2, 0) is 19.4 Å². The zero-order chi connectivity index (χ0) is 24.6. The van der Waals surface area contributed by atoms with Crippen molar-refractivity contribution in [3.05, 3.63) is 107 Å². The van der Waals surface area contributed by atoms with E-state index >= 15 is 0 Å². The standard InChI is InChI=1S/C30H25ClFN3O/c1-19-5-14-28-26(15-19)29(34-30-27(17-33-35(28)30)21-8-10-23(31)11-9-21)22-3-2-4-25(16-22)36-18-20-6-12-24(32)13-7-20/h2-4,6-13,16-17,19H,5,14-15,18H2,1H3. The number of nitrogens with zero attached hydrogens (tertiary/aromatic N) is 3. The molecule has 6 rings (SSSR count). The number of aryl methyl sites for hydroxylation is 1. The quantitative estimate of drug-likeness (QED) is 0.251. The SMILES string of the molecule is CC1CCc2c(c(-c3cccc(OCc4ccc(F)cc4)c3)nc3c(-c4ccc(Cl)cc4)cnn23)C1. The first-order chi connectivity index (χ1) is 17.5. The van der Waals surface area contributed by atoms with Crippen molar-refractivity contribution < 1.29 is 9.13 Å². The summed E-state index contributed by atoms with van der Waals surface area (Å²) in [6.45, 7) is 2.66. The molecule has 0 saturated heterocycles. The Balaban J connectivity index is 1.43. The van der Waals surface area contributed by atoms with Gasteiger partial charge in [-0.25, -0.2) is 13.9 Å². The number of benzene rings is 3. The summed E-state index contributed by atoms with van der Waals surface area (Å²) in [5.41, 5.74) is 8.26. The maximum absolute atomic E-state index is 13.2. The second-order valence-corrected chi connectivity index (χ2v) is 9.91. The Morgan fingerprint density at radius 1 is 1.03 bits per heavy atom. The fraction of sp³-hybridized carbons (Fsp3) is 0.200. The molecule has 0 fully saturated rings. The van der Waals surface area contributed by atoms with Crippen molar-refractivity contribution in [2.24, 2.45) is 5.92 Å². The Morgan fingerprint density at radius 2 is 1.83 bits per heavy atom. The van der Waals surface area contributed by atoms with Gasteiger partial charge < -0.3 is 4.74 Å². The molecule has 1 unspecified atom stereocenters. The first kappa shape index (κ1) is 22.7. The molecule has 2 heterocycles. The summed E-state index contributed by atoms with van der Waals surface area (Å²) in [7, 11) is 0. The topological polar surface area (TPSA) is 39.4 Å². The number of hydrogen-bond donors (Lipinski definition) is 0. The van der Waals surface area contributed by atoms with Gasteiger partial charge in [0.2, 0.25) is 0 Å². The van der Waals surface area contributed by atoms with Crippen LogP contribution in [0.15, 0.2) is 79.0 Å². The lowest BCUT2D eigenvalue weighted by molar-refractivity contribution is 0.306. The maximum Gasteiger partial charge on any atom is 0.163 e. The molecule has 5 aromatic rings. The van der Waals surface area contributed by atoms with Crippen molar-refractivity contribution in [3.63, 3.8) is 0 Å². The van der Waals surface area contributed by atoms with Gasteiger partial charge in [-0.1, -0.05) is 54.9 Å². The van der Waals surface area contributed by atoms with Gasteiger partial charge in [0.1, 0.15) is 18.2 Å². The highest BCUT2D eigenvalue weighted by molar-refractivity contribution is 6.30. The van der Waals surface area contributed by atoms with E-state index in [9.17, 15) is 4.39 Å². The summed E-state index contributed by atoms with van der Waals surface area (Å²) < 4.78 is 21.3. The third kappa shape index (κ3) is 4.35. The molecule has 1 aliphatic rings. The highest BCUT2D eigenvalue weighted by Gasteiger charge is 2.25. The van der Waals surface area contributed by atoms with E-state index in [1.54, 1.807) is 12.1 Å². The van der Waals surface area contributed by atoms with Gasteiger partial charge in [0.15, 0.2) is 5.65 Å². The molecule has 0 saturated carbocycles. The molecular weight excluding hydrogens is 473 g/mol. The van der Waals surface area contributed by atoms with Crippen LogP contribution in [0, 0.1) is 11.7 Å². The predicted octanol–water partition coefficient (Wildman–Crippen LogP) is 7.56. The average Bonchev–Trinajstić information content (AvgIpc) is 3.32. The normalized spacial score (nSPS) is 15.1. The molecule has 0 bridgehead atoms. The maximum atomic E-state index is 13.2. The lowest BCUT2D eigenvalue weighted by Gasteiger charge is -2.24. The molecular formula is C30H25ClFN3O. The van der Waals surface area contributed by atoms with E-state index in [-0.39, 0.29) is 5.82 Å². The molecule has 4 nitrogen and oxygen atoms in total. The van der Waals surface area contributed by atoms with Gasteiger partial charge in [0.25, 0.3) is 0 Å². The summed E-state index contributed by atoms with van der Waals surface area (Å²) in [6, 6.07) is 22.2. The number of fused-ring (bicyclic) bond motifs is 3. The van der Waals surface area contributed by atoms with Crippen LogP contribution in [0.1, 0.15) is 30.2 Å². The van der Waals surface area contributed by atoms with E-state index in [2.05, 4.69) is 13.0 Å². The summed E-state index contributed by atoms with van der Waals surface area (Å²) >= 11 is 6.13. The molecule has 2 aromatic heterocycles. The van der Waals surface area contributed by atoms with Crippen molar-refractivity contribution in [2.75, 3.05) is 0 Å². The number of rotatable bonds is 5. The van der Waals surface area contributed by atoms with Gasteiger partial charge >= 0.3 is 0 Å². The minimum atomic E-state index is -0.251. The number of aromatic nitrogens is 3. The van der Waals surface area contributed by atoms with Crippen LogP contribution < -0.4 is 4.74 Å².